The Labute approximate surface area is 109 Å². The van der Waals surface area contributed by atoms with Crippen molar-refractivity contribution in [3.8, 4) is 0 Å². The lowest BCUT2D eigenvalue weighted by atomic mass is 10.0. The number of carbonyl (C=O) groups excluding carboxylic acids is 2. The molecule has 1 saturated heterocycles. The number of carbonyl (C=O) groups is 3. The first kappa shape index (κ1) is 13.5. The van der Waals surface area contributed by atoms with E-state index in [0.717, 1.165) is 0 Å². The number of nitrogens with one attached hydrogen (secondary N) is 1. The van der Waals surface area contributed by atoms with Gasteiger partial charge in [0.15, 0.2) is 0 Å². The number of nitrogens with zero attached hydrogens (tertiary/aromatic N) is 2. The molecular weight excluding hydrogens is 254 g/mol. The minimum Gasteiger partial charge on any atom is -0.481 e. The van der Waals surface area contributed by atoms with E-state index < -0.39 is 17.9 Å². The number of carboxylic acids is 1. The third-order valence-electron chi connectivity index (χ3n) is 3.34. The van der Waals surface area contributed by atoms with Crippen molar-refractivity contribution in [1.29, 1.82) is 0 Å². The van der Waals surface area contributed by atoms with E-state index in [0.29, 0.717) is 0 Å². The molecule has 2 rings (SSSR count). The molecule has 19 heavy (non-hydrogen) atoms. The fourth-order valence-electron chi connectivity index (χ4n) is 2.14. The summed E-state index contributed by atoms with van der Waals surface area (Å²) in [5.41, 5.74) is 2.48. The fraction of sp³-hybridized carbons (Fsp3) is 0.636. The number of likely N-dealkylation sites (N-methyl/N-ethyl adjacent to an activating group) is 1. The molecule has 0 spiro atoms. The molecule has 1 fully saturated rings. The first-order valence-electron chi connectivity index (χ1n) is 5.94. The van der Waals surface area contributed by atoms with Gasteiger partial charge in [0.2, 0.25) is 5.91 Å². The van der Waals surface area contributed by atoms with Crippen molar-refractivity contribution in [2.45, 2.75) is 18.9 Å². The second kappa shape index (κ2) is 5.35. The molecule has 0 aromatic heterocycles. The van der Waals surface area contributed by atoms with E-state index in [4.69, 9.17) is 9.84 Å². The van der Waals surface area contributed by atoms with Crippen LogP contribution in [0.3, 0.4) is 0 Å². The fourth-order valence-corrected chi connectivity index (χ4v) is 2.14. The molecule has 2 aliphatic heterocycles. The first-order chi connectivity index (χ1) is 9.00. The van der Waals surface area contributed by atoms with Gasteiger partial charge in [-0.3, -0.25) is 14.4 Å². The third-order valence-corrected chi connectivity index (χ3v) is 3.34. The molecule has 2 aliphatic rings. The average molecular weight is 269 g/mol. The Morgan fingerprint density at radius 1 is 1.42 bits per heavy atom. The van der Waals surface area contributed by atoms with E-state index in [1.165, 1.54) is 11.9 Å². The van der Waals surface area contributed by atoms with Crippen molar-refractivity contribution in [2.24, 2.45) is 11.0 Å². The van der Waals surface area contributed by atoms with Crippen LogP contribution in [-0.2, 0) is 19.1 Å². The Morgan fingerprint density at radius 3 is 2.74 bits per heavy atom. The van der Waals surface area contributed by atoms with Gasteiger partial charge in [-0.25, -0.2) is 5.43 Å². The number of rotatable bonds is 3. The van der Waals surface area contributed by atoms with Crippen molar-refractivity contribution < 1.29 is 24.2 Å². The molecule has 2 atom stereocenters. The van der Waals surface area contributed by atoms with Crippen molar-refractivity contribution in [3.05, 3.63) is 0 Å². The molecule has 2 N–H and O–H groups in total. The molecule has 0 aromatic carbocycles. The number of carboxylic acid groups (broad SMARTS) is 1. The van der Waals surface area contributed by atoms with Crippen LogP contribution < -0.4 is 5.43 Å². The number of ether oxygens (including phenoxy) is 1. The molecule has 2 heterocycles. The zero-order valence-electron chi connectivity index (χ0n) is 10.5. The summed E-state index contributed by atoms with van der Waals surface area (Å²) < 4.78 is 5.12. The van der Waals surface area contributed by atoms with E-state index in [1.54, 1.807) is 0 Å². The zero-order chi connectivity index (χ0) is 14.0. The summed E-state index contributed by atoms with van der Waals surface area (Å²) in [4.78, 5) is 35.5. The van der Waals surface area contributed by atoms with Gasteiger partial charge in [0.1, 0.15) is 11.6 Å². The minimum atomic E-state index is -0.985. The van der Waals surface area contributed by atoms with E-state index >= 15 is 0 Å². The van der Waals surface area contributed by atoms with E-state index in [9.17, 15) is 14.4 Å². The van der Waals surface area contributed by atoms with Gasteiger partial charge in [0.05, 0.1) is 19.3 Å². The van der Waals surface area contributed by atoms with Crippen LogP contribution in [-0.4, -0.2) is 59.8 Å². The van der Waals surface area contributed by atoms with Gasteiger partial charge in [-0.15, -0.1) is 0 Å². The van der Waals surface area contributed by atoms with Gasteiger partial charge < -0.3 is 14.7 Å². The maximum absolute atomic E-state index is 12.2. The Balaban J connectivity index is 2.06. The van der Waals surface area contributed by atoms with Crippen LogP contribution in [0.4, 0.5) is 0 Å². The molecule has 0 aliphatic carbocycles. The van der Waals surface area contributed by atoms with E-state index in [1.807, 2.05) is 0 Å². The Hall–Kier alpha value is -1.96. The van der Waals surface area contributed by atoms with Gasteiger partial charge in [0, 0.05) is 19.9 Å². The molecule has 0 bridgehead atoms. The predicted molar refractivity (Wildman–Crippen MR) is 63.3 cm³/mol. The van der Waals surface area contributed by atoms with Crippen LogP contribution in [0, 0.1) is 5.92 Å². The number of hydrazone groups is 1. The van der Waals surface area contributed by atoms with Crippen LogP contribution in [0.5, 0.6) is 0 Å². The number of hydrogen-bond acceptors (Lipinski definition) is 5. The Morgan fingerprint density at radius 2 is 2.16 bits per heavy atom. The van der Waals surface area contributed by atoms with E-state index in [2.05, 4.69) is 10.5 Å². The largest absolute Gasteiger partial charge is 0.481 e. The van der Waals surface area contributed by atoms with E-state index in [-0.39, 0.29) is 43.6 Å². The van der Waals surface area contributed by atoms with Gasteiger partial charge in [-0.2, -0.15) is 5.10 Å². The topological polar surface area (TPSA) is 108 Å². The number of hydrogen-bond donors (Lipinski definition) is 2. The summed E-state index contributed by atoms with van der Waals surface area (Å²) in [6.07, 6.45) is 0.474. The molecule has 2 amide bonds. The highest BCUT2D eigenvalue weighted by Crippen LogP contribution is 2.20. The summed E-state index contributed by atoms with van der Waals surface area (Å²) in [5.74, 6) is -2.32. The van der Waals surface area contributed by atoms with Crippen LogP contribution >= 0.6 is 0 Å². The Bertz CT molecular complexity index is 448. The second-order valence-corrected chi connectivity index (χ2v) is 4.56. The highest BCUT2D eigenvalue weighted by Gasteiger charge is 2.39. The molecule has 104 valence electrons. The number of amides is 2. The lowest BCUT2D eigenvalue weighted by molar-refractivity contribution is -0.143. The summed E-state index contributed by atoms with van der Waals surface area (Å²) >= 11 is 0. The van der Waals surface area contributed by atoms with Crippen LogP contribution in [0.2, 0.25) is 0 Å². The summed E-state index contributed by atoms with van der Waals surface area (Å²) in [6.45, 7) is 0.291. The van der Waals surface area contributed by atoms with Crippen molar-refractivity contribution in [2.75, 3.05) is 20.3 Å². The minimum absolute atomic E-state index is 0.0980. The van der Waals surface area contributed by atoms with Gasteiger partial charge >= 0.3 is 5.97 Å². The molecular formula is C11H15N3O5. The third kappa shape index (κ3) is 2.73. The highest BCUT2D eigenvalue weighted by molar-refractivity contribution is 6.39. The monoisotopic (exact) mass is 269 g/mol. The van der Waals surface area contributed by atoms with Gasteiger partial charge in [-0.1, -0.05) is 0 Å². The maximum atomic E-state index is 12.2. The average Bonchev–Trinajstić information content (AvgIpc) is 2.87. The first-order valence-corrected chi connectivity index (χ1v) is 5.94. The standard InChI is InChI=1S/C11H15N3O5/c1-14(8-5-19-4-6(8)11(17)18)10(16)7-2-3-9(15)13-12-7/h6,8H,2-5H2,1H3,(H,13,15)(H,17,18). The lowest BCUT2D eigenvalue weighted by Gasteiger charge is -2.27. The van der Waals surface area contributed by atoms with Crippen molar-refractivity contribution in [1.82, 2.24) is 10.3 Å². The molecule has 8 nitrogen and oxygen atoms in total. The normalized spacial score (nSPS) is 26.6. The predicted octanol–water partition coefficient (Wildman–Crippen LogP) is -1.19. The maximum Gasteiger partial charge on any atom is 0.311 e. The van der Waals surface area contributed by atoms with Crippen molar-refractivity contribution >= 4 is 23.5 Å². The molecule has 0 saturated carbocycles. The number of aliphatic carboxylic acids is 1. The molecule has 0 radical (unpaired) electrons. The lowest BCUT2D eigenvalue weighted by Crippen LogP contribution is -2.47. The van der Waals surface area contributed by atoms with Gasteiger partial charge in [0.25, 0.3) is 5.91 Å². The zero-order valence-corrected chi connectivity index (χ0v) is 10.5. The quantitative estimate of drug-likeness (QED) is 0.669. The molecule has 0 aromatic rings. The van der Waals surface area contributed by atoms with Crippen molar-refractivity contribution in [3.63, 3.8) is 0 Å². The van der Waals surface area contributed by atoms with Crippen LogP contribution in [0.25, 0.3) is 0 Å². The second-order valence-electron chi connectivity index (χ2n) is 4.56. The Kier molecular flexibility index (Phi) is 3.79. The van der Waals surface area contributed by atoms with Gasteiger partial charge in [-0.05, 0) is 0 Å². The van der Waals surface area contributed by atoms with Crippen LogP contribution in [0.15, 0.2) is 5.10 Å². The smallest absolute Gasteiger partial charge is 0.311 e. The molecule has 8 heteroatoms. The highest BCUT2D eigenvalue weighted by atomic mass is 16.5. The molecule has 2 unspecified atom stereocenters. The summed E-state index contributed by atoms with van der Waals surface area (Å²) in [6, 6.07) is -0.509. The SMILES string of the molecule is CN(C(=O)C1=NNC(=O)CC1)C1COCC1C(=O)O. The summed E-state index contributed by atoms with van der Waals surface area (Å²) in [7, 11) is 1.52. The van der Waals surface area contributed by atoms with Crippen LogP contribution in [0.1, 0.15) is 12.8 Å². The summed E-state index contributed by atoms with van der Waals surface area (Å²) in [5, 5.41) is 12.8.